The van der Waals surface area contributed by atoms with Gasteiger partial charge in [0.15, 0.2) is 0 Å². The molecule has 0 fully saturated rings. The molecule has 4 nitrogen and oxygen atoms in total. The SMILES string of the molecule is CC(C)NC(=O)[C@H](C)N(Cc1ccc(Cl)c(Cl)c1)C(=O)CCSc1ccc(Cl)cc1. The highest BCUT2D eigenvalue weighted by Crippen LogP contribution is 2.25. The van der Waals surface area contributed by atoms with Crippen molar-refractivity contribution >= 4 is 58.4 Å². The molecule has 0 saturated carbocycles. The van der Waals surface area contributed by atoms with Crippen LogP contribution in [0.4, 0.5) is 0 Å². The van der Waals surface area contributed by atoms with Gasteiger partial charge in [0, 0.05) is 34.7 Å². The molecule has 0 saturated heterocycles. The van der Waals surface area contributed by atoms with Gasteiger partial charge in [-0.1, -0.05) is 40.9 Å². The minimum atomic E-state index is -0.616. The van der Waals surface area contributed by atoms with Gasteiger partial charge >= 0.3 is 0 Å². The summed E-state index contributed by atoms with van der Waals surface area (Å²) in [6.45, 7) is 5.78. The van der Waals surface area contributed by atoms with Gasteiger partial charge in [-0.3, -0.25) is 9.59 Å². The third-order valence-corrected chi connectivity index (χ3v) is 6.34. The Bertz CT molecular complexity index is 875. The van der Waals surface area contributed by atoms with Crippen LogP contribution in [0.25, 0.3) is 0 Å². The zero-order valence-corrected chi connectivity index (χ0v) is 20.2. The first-order valence-corrected chi connectivity index (χ1v) is 11.7. The third-order valence-electron chi connectivity index (χ3n) is 4.33. The minimum absolute atomic E-state index is 0.0117. The molecular formula is C22H25Cl3N2O2S. The lowest BCUT2D eigenvalue weighted by molar-refractivity contribution is -0.140. The molecule has 2 aromatic carbocycles. The fraction of sp³-hybridized carbons (Fsp3) is 0.364. The topological polar surface area (TPSA) is 49.4 Å². The Morgan fingerprint density at radius 3 is 2.27 bits per heavy atom. The molecule has 0 aliphatic heterocycles. The van der Waals surface area contributed by atoms with E-state index in [9.17, 15) is 9.59 Å². The molecule has 30 heavy (non-hydrogen) atoms. The molecule has 1 N–H and O–H groups in total. The zero-order chi connectivity index (χ0) is 22.3. The van der Waals surface area contributed by atoms with Gasteiger partial charge in [-0.2, -0.15) is 0 Å². The molecule has 0 radical (unpaired) electrons. The quantitative estimate of drug-likeness (QED) is 0.437. The second-order valence-electron chi connectivity index (χ2n) is 7.16. The van der Waals surface area contributed by atoms with Gasteiger partial charge in [-0.05, 0) is 62.7 Å². The van der Waals surface area contributed by atoms with Crippen molar-refractivity contribution < 1.29 is 9.59 Å². The van der Waals surface area contributed by atoms with Crippen molar-refractivity contribution in [3.05, 3.63) is 63.1 Å². The van der Waals surface area contributed by atoms with Gasteiger partial charge in [0.05, 0.1) is 10.0 Å². The lowest BCUT2D eigenvalue weighted by Crippen LogP contribution is -2.49. The standard InChI is InChI=1S/C22H25Cl3N2O2S/c1-14(2)26-22(29)15(3)27(13-16-4-9-19(24)20(25)12-16)21(28)10-11-30-18-7-5-17(23)6-8-18/h4-9,12,14-15H,10-11,13H2,1-3H3,(H,26,29)/t15-/m0/s1. The molecule has 0 heterocycles. The summed E-state index contributed by atoms with van der Waals surface area (Å²) >= 11 is 19.6. The maximum atomic E-state index is 13.0. The number of halogens is 3. The summed E-state index contributed by atoms with van der Waals surface area (Å²) in [4.78, 5) is 28.2. The molecule has 0 aliphatic carbocycles. The first kappa shape index (κ1) is 24.9. The lowest BCUT2D eigenvalue weighted by atomic mass is 10.1. The van der Waals surface area contributed by atoms with Crippen LogP contribution in [0.5, 0.6) is 0 Å². The van der Waals surface area contributed by atoms with E-state index in [0.29, 0.717) is 27.2 Å². The van der Waals surface area contributed by atoms with Gasteiger partial charge in [-0.15, -0.1) is 11.8 Å². The fourth-order valence-corrected chi connectivity index (χ4v) is 4.04. The number of amides is 2. The number of nitrogens with one attached hydrogen (secondary N) is 1. The summed E-state index contributed by atoms with van der Waals surface area (Å²) in [6, 6.07) is 12.1. The summed E-state index contributed by atoms with van der Waals surface area (Å²) in [5.74, 6) is 0.300. The first-order chi connectivity index (χ1) is 14.2. The first-order valence-electron chi connectivity index (χ1n) is 9.59. The van der Waals surface area contributed by atoms with Crippen LogP contribution >= 0.6 is 46.6 Å². The second kappa shape index (κ2) is 11.8. The molecule has 162 valence electrons. The zero-order valence-electron chi connectivity index (χ0n) is 17.1. The van der Waals surface area contributed by atoms with Crippen LogP contribution in [0.15, 0.2) is 47.4 Å². The molecule has 2 aromatic rings. The fourth-order valence-electron chi connectivity index (χ4n) is 2.75. The molecule has 8 heteroatoms. The van der Waals surface area contributed by atoms with Crippen molar-refractivity contribution in [2.24, 2.45) is 0 Å². The van der Waals surface area contributed by atoms with E-state index < -0.39 is 6.04 Å². The Labute approximate surface area is 197 Å². The normalized spacial score (nSPS) is 12.0. The Hall–Kier alpha value is -1.40. The number of thioether (sulfide) groups is 1. The predicted molar refractivity (Wildman–Crippen MR) is 127 cm³/mol. The Morgan fingerprint density at radius 1 is 1.00 bits per heavy atom. The predicted octanol–water partition coefficient (Wildman–Crippen LogP) is 6.07. The molecule has 0 spiro atoms. The number of nitrogens with zero attached hydrogens (tertiary/aromatic N) is 1. The number of carbonyl (C=O) groups is 2. The highest BCUT2D eigenvalue weighted by molar-refractivity contribution is 7.99. The number of hydrogen-bond acceptors (Lipinski definition) is 3. The van der Waals surface area contributed by atoms with Gasteiger partial charge in [-0.25, -0.2) is 0 Å². The molecule has 0 aliphatic rings. The van der Waals surface area contributed by atoms with Crippen LogP contribution in [0.3, 0.4) is 0 Å². The molecular weight excluding hydrogens is 463 g/mol. The van der Waals surface area contributed by atoms with Crippen molar-refractivity contribution in [3.63, 3.8) is 0 Å². The maximum absolute atomic E-state index is 13.0. The van der Waals surface area contributed by atoms with Gasteiger partial charge in [0.25, 0.3) is 0 Å². The van der Waals surface area contributed by atoms with E-state index in [1.165, 1.54) is 0 Å². The summed E-state index contributed by atoms with van der Waals surface area (Å²) in [5, 5.41) is 4.41. The molecule has 0 aromatic heterocycles. The smallest absolute Gasteiger partial charge is 0.242 e. The van der Waals surface area contributed by atoms with Crippen molar-refractivity contribution in [2.45, 2.75) is 50.7 Å². The van der Waals surface area contributed by atoms with Crippen molar-refractivity contribution in [3.8, 4) is 0 Å². The van der Waals surface area contributed by atoms with Gasteiger partial charge in [0.1, 0.15) is 6.04 Å². The van der Waals surface area contributed by atoms with Crippen LogP contribution < -0.4 is 5.32 Å². The summed E-state index contributed by atoms with van der Waals surface area (Å²) in [6.07, 6.45) is 0.300. The van der Waals surface area contributed by atoms with Crippen LogP contribution in [-0.2, 0) is 16.1 Å². The monoisotopic (exact) mass is 486 g/mol. The third kappa shape index (κ3) is 7.69. The maximum Gasteiger partial charge on any atom is 0.242 e. The molecule has 1 atom stereocenters. The largest absolute Gasteiger partial charge is 0.352 e. The van der Waals surface area contributed by atoms with Gasteiger partial charge in [0.2, 0.25) is 11.8 Å². The van der Waals surface area contributed by atoms with Crippen LogP contribution in [0.2, 0.25) is 15.1 Å². The minimum Gasteiger partial charge on any atom is -0.352 e. The average molecular weight is 488 g/mol. The van der Waals surface area contributed by atoms with Crippen molar-refractivity contribution in [2.75, 3.05) is 5.75 Å². The van der Waals surface area contributed by atoms with E-state index in [1.54, 1.807) is 35.7 Å². The van der Waals surface area contributed by atoms with E-state index >= 15 is 0 Å². The number of carbonyl (C=O) groups excluding carboxylic acids is 2. The second-order valence-corrected chi connectivity index (χ2v) is 9.58. The number of benzene rings is 2. The van der Waals surface area contributed by atoms with E-state index in [1.807, 2.05) is 44.2 Å². The summed E-state index contributed by atoms with van der Waals surface area (Å²) in [5.41, 5.74) is 0.812. The van der Waals surface area contributed by atoms with E-state index in [4.69, 9.17) is 34.8 Å². The molecule has 0 unspecified atom stereocenters. The van der Waals surface area contributed by atoms with Crippen molar-refractivity contribution in [1.29, 1.82) is 0 Å². The van der Waals surface area contributed by atoms with E-state index in [-0.39, 0.29) is 24.4 Å². The van der Waals surface area contributed by atoms with E-state index in [0.717, 1.165) is 10.5 Å². The van der Waals surface area contributed by atoms with Crippen LogP contribution in [-0.4, -0.2) is 34.6 Å². The highest BCUT2D eigenvalue weighted by atomic mass is 35.5. The van der Waals surface area contributed by atoms with E-state index in [2.05, 4.69) is 5.32 Å². The molecule has 2 amide bonds. The average Bonchev–Trinajstić information content (AvgIpc) is 2.69. The summed E-state index contributed by atoms with van der Waals surface area (Å²) < 4.78 is 0. The Kier molecular flexibility index (Phi) is 9.82. The van der Waals surface area contributed by atoms with Gasteiger partial charge < -0.3 is 10.2 Å². The molecule has 0 bridgehead atoms. The summed E-state index contributed by atoms with van der Waals surface area (Å²) in [7, 11) is 0. The highest BCUT2D eigenvalue weighted by Gasteiger charge is 2.26. The van der Waals surface area contributed by atoms with Crippen LogP contribution in [0.1, 0.15) is 32.8 Å². The lowest BCUT2D eigenvalue weighted by Gasteiger charge is -2.29. The Balaban J connectivity index is 2.09. The molecule has 2 rings (SSSR count). The Morgan fingerprint density at radius 2 is 1.67 bits per heavy atom. The number of rotatable bonds is 9. The van der Waals surface area contributed by atoms with Crippen LogP contribution in [0, 0.1) is 0 Å². The number of hydrogen-bond donors (Lipinski definition) is 1. The van der Waals surface area contributed by atoms with Crippen molar-refractivity contribution in [1.82, 2.24) is 10.2 Å².